The molecule has 0 spiro atoms. The number of carbonyl (C=O) groups excluding carboxylic acids is 1. The van der Waals surface area contributed by atoms with E-state index in [1.54, 1.807) is 0 Å². The highest BCUT2D eigenvalue weighted by Crippen LogP contribution is 2.48. The Morgan fingerprint density at radius 2 is 1.86 bits per heavy atom. The summed E-state index contributed by atoms with van der Waals surface area (Å²) in [6, 6.07) is 18.5. The number of piperidine rings is 1. The lowest BCUT2D eigenvalue weighted by Gasteiger charge is -2.30. The molecule has 1 aromatic heterocycles. The molecule has 2 heterocycles. The van der Waals surface area contributed by atoms with Gasteiger partial charge in [0.15, 0.2) is 0 Å². The van der Waals surface area contributed by atoms with E-state index in [0.717, 1.165) is 37.9 Å². The average molecular weight is 387 g/mol. The quantitative estimate of drug-likeness (QED) is 0.659. The third-order valence-electron chi connectivity index (χ3n) is 6.21. The van der Waals surface area contributed by atoms with E-state index in [1.165, 1.54) is 11.1 Å². The summed E-state index contributed by atoms with van der Waals surface area (Å²) in [6.07, 6.45) is 2.74. The van der Waals surface area contributed by atoms with E-state index in [9.17, 15) is 4.79 Å². The summed E-state index contributed by atoms with van der Waals surface area (Å²) >= 11 is 0. The van der Waals surface area contributed by atoms with Gasteiger partial charge in [0, 0.05) is 30.5 Å². The molecule has 0 N–H and O–H groups in total. The molecule has 1 saturated heterocycles. The minimum atomic E-state index is 0.158. The van der Waals surface area contributed by atoms with Crippen molar-refractivity contribution in [1.82, 2.24) is 15.0 Å². The van der Waals surface area contributed by atoms with E-state index in [4.69, 9.17) is 4.52 Å². The average Bonchev–Trinajstić information content (AvgIpc) is 3.41. The lowest BCUT2D eigenvalue weighted by molar-refractivity contribution is -0.133. The van der Waals surface area contributed by atoms with E-state index >= 15 is 0 Å². The standard InChI is InChI=1S/C24H25N3O2/c1-16-6-5-9-19(14-16)22-25-23(29-26-22)18-10-12-27(13-11-18)24(28)21-15-20(21)17-7-3-2-4-8-17/h2-9,14,18,20-21H,10-13,15H2,1H3. The summed E-state index contributed by atoms with van der Waals surface area (Å²) in [6.45, 7) is 3.59. The van der Waals surface area contributed by atoms with Crippen LogP contribution in [0.25, 0.3) is 11.4 Å². The zero-order valence-electron chi connectivity index (χ0n) is 16.6. The van der Waals surface area contributed by atoms with Crippen molar-refractivity contribution < 1.29 is 9.32 Å². The van der Waals surface area contributed by atoms with Crippen molar-refractivity contribution in [3.05, 3.63) is 71.6 Å². The number of amides is 1. The topological polar surface area (TPSA) is 59.2 Å². The number of hydrogen-bond acceptors (Lipinski definition) is 4. The number of likely N-dealkylation sites (tertiary alicyclic amines) is 1. The van der Waals surface area contributed by atoms with Crippen LogP contribution >= 0.6 is 0 Å². The van der Waals surface area contributed by atoms with Gasteiger partial charge >= 0.3 is 0 Å². The van der Waals surface area contributed by atoms with Gasteiger partial charge in [-0.2, -0.15) is 4.98 Å². The molecule has 5 heteroatoms. The van der Waals surface area contributed by atoms with Gasteiger partial charge in [0.1, 0.15) is 0 Å². The first kappa shape index (κ1) is 18.1. The maximum absolute atomic E-state index is 12.9. The van der Waals surface area contributed by atoms with Crippen molar-refractivity contribution in [1.29, 1.82) is 0 Å². The predicted molar refractivity (Wildman–Crippen MR) is 110 cm³/mol. The fourth-order valence-corrected chi connectivity index (χ4v) is 4.42. The summed E-state index contributed by atoms with van der Waals surface area (Å²) in [7, 11) is 0. The molecule has 2 aliphatic rings. The Morgan fingerprint density at radius 1 is 1.07 bits per heavy atom. The largest absolute Gasteiger partial charge is 0.342 e. The summed E-state index contributed by atoms with van der Waals surface area (Å²) in [5.41, 5.74) is 3.44. The first-order valence-electron chi connectivity index (χ1n) is 10.4. The van der Waals surface area contributed by atoms with Gasteiger partial charge in [0.25, 0.3) is 0 Å². The molecular formula is C24H25N3O2. The normalized spacial score (nSPS) is 21.9. The zero-order valence-corrected chi connectivity index (χ0v) is 16.6. The number of hydrogen-bond donors (Lipinski definition) is 0. The van der Waals surface area contributed by atoms with Crippen LogP contribution in [0.2, 0.25) is 0 Å². The molecule has 5 nitrogen and oxygen atoms in total. The molecule has 1 aliphatic heterocycles. The van der Waals surface area contributed by atoms with Crippen LogP contribution in [0.4, 0.5) is 0 Å². The Hall–Kier alpha value is -2.95. The van der Waals surface area contributed by atoms with E-state index in [-0.39, 0.29) is 11.8 Å². The highest BCUT2D eigenvalue weighted by atomic mass is 16.5. The van der Waals surface area contributed by atoms with Gasteiger partial charge in [-0.25, -0.2) is 0 Å². The maximum Gasteiger partial charge on any atom is 0.230 e. The van der Waals surface area contributed by atoms with Crippen LogP contribution in [0.5, 0.6) is 0 Å². The second kappa shape index (κ2) is 7.47. The van der Waals surface area contributed by atoms with E-state index in [1.807, 2.05) is 23.1 Å². The fraction of sp³-hybridized carbons (Fsp3) is 0.375. The molecule has 5 rings (SSSR count). The van der Waals surface area contributed by atoms with Gasteiger partial charge in [-0.05, 0) is 43.7 Å². The van der Waals surface area contributed by atoms with Crippen LogP contribution in [-0.2, 0) is 4.79 Å². The van der Waals surface area contributed by atoms with Crippen LogP contribution < -0.4 is 0 Å². The Kier molecular flexibility index (Phi) is 4.66. The summed E-state index contributed by atoms with van der Waals surface area (Å²) in [4.78, 5) is 19.5. The van der Waals surface area contributed by atoms with Crippen molar-refractivity contribution in [2.75, 3.05) is 13.1 Å². The lowest BCUT2D eigenvalue weighted by Crippen LogP contribution is -2.39. The first-order chi connectivity index (χ1) is 14.2. The Balaban J connectivity index is 1.19. The molecule has 2 atom stereocenters. The molecule has 3 aromatic rings. The van der Waals surface area contributed by atoms with Gasteiger partial charge in [-0.15, -0.1) is 0 Å². The molecule has 0 radical (unpaired) electrons. The monoisotopic (exact) mass is 387 g/mol. The number of aromatic nitrogens is 2. The van der Waals surface area contributed by atoms with E-state index in [2.05, 4.69) is 53.5 Å². The number of nitrogens with zero attached hydrogens (tertiary/aromatic N) is 3. The lowest BCUT2D eigenvalue weighted by atomic mass is 9.96. The second-order valence-corrected chi connectivity index (χ2v) is 8.28. The van der Waals surface area contributed by atoms with Gasteiger partial charge in [-0.3, -0.25) is 4.79 Å². The molecule has 1 saturated carbocycles. The molecule has 2 fully saturated rings. The second-order valence-electron chi connectivity index (χ2n) is 8.28. The number of aryl methyl sites for hydroxylation is 1. The Bertz CT molecular complexity index is 1010. The van der Waals surface area contributed by atoms with Gasteiger partial charge < -0.3 is 9.42 Å². The number of rotatable bonds is 4. The van der Waals surface area contributed by atoms with Gasteiger partial charge in [-0.1, -0.05) is 59.3 Å². The van der Waals surface area contributed by atoms with Crippen molar-refractivity contribution in [3.8, 4) is 11.4 Å². The molecule has 148 valence electrons. The molecular weight excluding hydrogens is 362 g/mol. The predicted octanol–water partition coefficient (Wildman–Crippen LogP) is 4.55. The Morgan fingerprint density at radius 3 is 2.62 bits per heavy atom. The number of benzene rings is 2. The van der Waals surface area contributed by atoms with Crippen LogP contribution in [0, 0.1) is 12.8 Å². The SMILES string of the molecule is Cc1cccc(-c2noc(C3CCN(C(=O)C4CC4c4ccccc4)CC3)n2)c1. The minimum Gasteiger partial charge on any atom is -0.342 e. The molecule has 0 bridgehead atoms. The number of carbonyl (C=O) groups is 1. The zero-order chi connectivity index (χ0) is 19.8. The third-order valence-corrected chi connectivity index (χ3v) is 6.21. The minimum absolute atomic E-state index is 0.158. The van der Waals surface area contributed by atoms with Crippen molar-refractivity contribution in [3.63, 3.8) is 0 Å². The first-order valence-corrected chi connectivity index (χ1v) is 10.4. The van der Waals surface area contributed by atoms with Crippen LogP contribution in [-0.4, -0.2) is 34.0 Å². The van der Waals surface area contributed by atoms with Crippen LogP contribution in [0.15, 0.2) is 59.1 Å². The molecule has 1 aliphatic carbocycles. The van der Waals surface area contributed by atoms with Crippen molar-refractivity contribution >= 4 is 5.91 Å². The fourth-order valence-electron chi connectivity index (χ4n) is 4.42. The van der Waals surface area contributed by atoms with E-state index < -0.39 is 0 Å². The highest BCUT2D eigenvalue weighted by Gasteiger charge is 2.46. The summed E-state index contributed by atoms with van der Waals surface area (Å²) in [5.74, 6) is 2.44. The third kappa shape index (κ3) is 3.69. The maximum atomic E-state index is 12.9. The molecule has 29 heavy (non-hydrogen) atoms. The van der Waals surface area contributed by atoms with Crippen molar-refractivity contribution in [2.45, 2.75) is 38.0 Å². The smallest absolute Gasteiger partial charge is 0.230 e. The van der Waals surface area contributed by atoms with Crippen LogP contribution in [0.3, 0.4) is 0 Å². The Labute approximate surface area is 170 Å². The van der Waals surface area contributed by atoms with Gasteiger partial charge in [0.05, 0.1) is 0 Å². The van der Waals surface area contributed by atoms with Gasteiger partial charge in [0.2, 0.25) is 17.6 Å². The molecule has 2 unspecified atom stereocenters. The summed E-state index contributed by atoms with van der Waals surface area (Å²) in [5, 5.41) is 4.17. The van der Waals surface area contributed by atoms with Crippen LogP contribution in [0.1, 0.15) is 48.1 Å². The highest BCUT2D eigenvalue weighted by molar-refractivity contribution is 5.83. The van der Waals surface area contributed by atoms with E-state index in [0.29, 0.717) is 23.5 Å². The van der Waals surface area contributed by atoms with Crippen molar-refractivity contribution in [2.24, 2.45) is 5.92 Å². The molecule has 2 aromatic carbocycles. The summed E-state index contributed by atoms with van der Waals surface area (Å²) < 4.78 is 5.56. The molecule has 1 amide bonds.